The molecule has 0 radical (unpaired) electrons. The molecule has 2 aromatic rings. The number of carbonyl (C=O) groups is 1. The average Bonchev–Trinajstić information content (AvgIpc) is 2.84. The van der Waals surface area contributed by atoms with E-state index in [9.17, 15) is 9.90 Å². The van der Waals surface area contributed by atoms with Crippen LogP contribution in [0, 0.1) is 5.92 Å². The number of aromatic nitrogens is 3. The summed E-state index contributed by atoms with van der Waals surface area (Å²) < 4.78 is 6.65. The van der Waals surface area contributed by atoms with Crippen LogP contribution in [0.15, 0.2) is 30.5 Å². The van der Waals surface area contributed by atoms with E-state index < -0.39 is 11.9 Å². The van der Waals surface area contributed by atoms with E-state index in [1.54, 1.807) is 25.0 Å². The smallest absolute Gasteiger partial charge is 0.307 e. The Kier molecular flexibility index (Phi) is 4.34. The number of methoxy groups -OCH3 is 1. The second-order valence-electron chi connectivity index (χ2n) is 4.68. The molecular weight excluding hydrogens is 258 g/mol. The van der Waals surface area contributed by atoms with E-state index in [1.807, 2.05) is 24.3 Å². The van der Waals surface area contributed by atoms with E-state index in [-0.39, 0.29) is 0 Å². The van der Waals surface area contributed by atoms with Crippen molar-refractivity contribution in [2.45, 2.75) is 12.8 Å². The van der Waals surface area contributed by atoms with Crippen LogP contribution in [0.5, 0.6) is 5.75 Å². The highest BCUT2D eigenvalue weighted by Crippen LogP contribution is 2.17. The van der Waals surface area contributed by atoms with E-state index in [0.717, 1.165) is 11.3 Å². The lowest BCUT2D eigenvalue weighted by molar-refractivity contribution is -0.141. The van der Waals surface area contributed by atoms with Crippen LogP contribution in [0.2, 0.25) is 0 Å². The molecule has 0 aliphatic carbocycles. The van der Waals surface area contributed by atoms with Crippen LogP contribution >= 0.6 is 0 Å². The second-order valence-corrected chi connectivity index (χ2v) is 4.68. The van der Waals surface area contributed by atoms with Gasteiger partial charge in [-0.3, -0.25) is 9.48 Å². The quantitative estimate of drug-likeness (QED) is 0.860. The fourth-order valence-electron chi connectivity index (χ4n) is 2.03. The molecule has 1 aromatic carbocycles. The summed E-state index contributed by atoms with van der Waals surface area (Å²) in [6, 6.07) is 7.42. The third kappa shape index (κ3) is 3.57. The van der Waals surface area contributed by atoms with E-state index in [2.05, 4.69) is 10.3 Å². The topological polar surface area (TPSA) is 77.2 Å². The fourth-order valence-corrected chi connectivity index (χ4v) is 2.03. The predicted octanol–water partition coefficient (Wildman–Crippen LogP) is 1.31. The van der Waals surface area contributed by atoms with Crippen molar-refractivity contribution >= 4 is 5.97 Å². The van der Waals surface area contributed by atoms with Crippen LogP contribution in [0.25, 0.3) is 0 Å². The van der Waals surface area contributed by atoms with Gasteiger partial charge < -0.3 is 9.84 Å². The monoisotopic (exact) mass is 275 g/mol. The predicted molar refractivity (Wildman–Crippen MR) is 72.5 cm³/mol. The lowest BCUT2D eigenvalue weighted by Gasteiger charge is -2.11. The molecule has 0 bridgehead atoms. The van der Waals surface area contributed by atoms with Crippen LogP contribution in [-0.2, 0) is 24.7 Å². The lowest BCUT2D eigenvalue weighted by Crippen LogP contribution is -2.19. The molecule has 20 heavy (non-hydrogen) atoms. The summed E-state index contributed by atoms with van der Waals surface area (Å²) in [6.45, 7) is 0. The Morgan fingerprint density at radius 1 is 1.35 bits per heavy atom. The molecule has 1 unspecified atom stereocenters. The van der Waals surface area contributed by atoms with Gasteiger partial charge in [-0.1, -0.05) is 17.3 Å². The maximum absolute atomic E-state index is 11.4. The Labute approximate surface area is 117 Å². The van der Waals surface area contributed by atoms with Crippen molar-refractivity contribution in [1.82, 2.24) is 15.0 Å². The van der Waals surface area contributed by atoms with Crippen molar-refractivity contribution in [2.75, 3.05) is 7.11 Å². The van der Waals surface area contributed by atoms with Gasteiger partial charge in [0.25, 0.3) is 0 Å². The molecule has 2 rings (SSSR count). The van der Waals surface area contributed by atoms with Crippen LogP contribution in [0.4, 0.5) is 0 Å². The zero-order valence-electron chi connectivity index (χ0n) is 11.5. The second kappa shape index (κ2) is 6.18. The van der Waals surface area contributed by atoms with Crippen LogP contribution < -0.4 is 4.74 Å². The Hall–Kier alpha value is -2.37. The summed E-state index contributed by atoms with van der Waals surface area (Å²) >= 11 is 0. The average molecular weight is 275 g/mol. The van der Waals surface area contributed by atoms with Crippen LogP contribution in [0.1, 0.15) is 11.3 Å². The van der Waals surface area contributed by atoms with Crippen LogP contribution in [0.3, 0.4) is 0 Å². The summed E-state index contributed by atoms with van der Waals surface area (Å²) in [5, 5.41) is 17.1. The summed E-state index contributed by atoms with van der Waals surface area (Å²) in [6.07, 6.45) is 2.56. The highest BCUT2D eigenvalue weighted by molar-refractivity contribution is 5.70. The van der Waals surface area contributed by atoms with Gasteiger partial charge in [0, 0.05) is 19.7 Å². The first-order valence-corrected chi connectivity index (χ1v) is 6.29. The Morgan fingerprint density at radius 2 is 2.05 bits per heavy atom. The number of hydrogen-bond donors (Lipinski definition) is 1. The molecule has 0 aliphatic heterocycles. The normalized spacial score (nSPS) is 12.1. The van der Waals surface area contributed by atoms with Crippen molar-refractivity contribution in [3.05, 3.63) is 41.7 Å². The number of hydrogen-bond acceptors (Lipinski definition) is 4. The number of aryl methyl sites for hydroxylation is 1. The van der Waals surface area contributed by atoms with Gasteiger partial charge in [-0.15, -0.1) is 5.10 Å². The number of benzene rings is 1. The highest BCUT2D eigenvalue weighted by Gasteiger charge is 2.20. The molecule has 1 N–H and O–H groups in total. The molecule has 106 valence electrons. The molecule has 0 aliphatic rings. The zero-order valence-corrected chi connectivity index (χ0v) is 11.5. The largest absolute Gasteiger partial charge is 0.497 e. The minimum Gasteiger partial charge on any atom is -0.497 e. The summed E-state index contributed by atoms with van der Waals surface area (Å²) in [5.41, 5.74) is 1.65. The Bertz CT molecular complexity index is 578. The number of carboxylic acid groups (broad SMARTS) is 1. The van der Waals surface area contributed by atoms with E-state index in [4.69, 9.17) is 4.74 Å². The SMILES string of the molecule is COc1ccc(CC(Cc2cn(C)nn2)C(=O)O)cc1. The third-order valence-corrected chi connectivity index (χ3v) is 3.10. The van der Waals surface area contributed by atoms with E-state index in [0.29, 0.717) is 18.5 Å². The molecule has 1 atom stereocenters. The molecule has 0 amide bonds. The molecule has 6 heteroatoms. The number of rotatable bonds is 6. The van der Waals surface area contributed by atoms with Gasteiger partial charge in [-0.2, -0.15) is 0 Å². The maximum Gasteiger partial charge on any atom is 0.307 e. The third-order valence-electron chi connectivity index (χ3n) is 3.10. The van der Waals surface area contributed by atoms with E-state index >= 15 is 0 Å². The molecule has 0 saturated carbocycles. The summed E-state index contributed by atoms with van der Waals surface area (Å²) in [7, 11) is 3.36. The number of nitrogens with zero attached hydrogens (tertiary/aromatic N) is 3. The first kappa shape index (κ1) is 14.0. The minimum atomic E-state index is -0.827. The molecule has 0 spiro atoms. The first-order chi connectivity index (χ1) is 9.58. The van der Waals surface area contributed by atoms with Gasteiger partial charge in [0.1, 0.15) is 5.75 Å². The van der Waals surface area contributed by atoms with Crippen molar-refractivity contribution in [1.29, 1.82) is 0 Å². The van der Waals surface area contributed by atoms with Crippen molar-refractivity contribution in [2.24, 2.45) is 13.0 Å². The molecule has 1 heterocycles. The van der Waals surface area contributed by atoms with Crippen LogP contribution in [-0.4, -0.2) is 33.2 Å². The van der Waals surface area contributed by atoms with Gasteiger partial charge in [-0.05, 0) is 24.1 Å². The van der Waals surface area contributed by atoms with Gasteiger partial charge in [0.05, 0.1) is 18.7 Å². The standard InChI is InChI=1S/C14H17N3O3/c1-17-9-12(15-16-17)8-11(14(18)19)7-10-3-5-13(20-2)6-4-10/h3-6,9,11H,7-8H2,1-2H3,(H,18,19). The number of carboxylic acids is 1. The van der Waals surface area contributed by atoms with Gasteiger partial charge in [0.2, 0.25) is 0 Å². The van der Waals surface area contributed by atoms with Crippen molar-refractivity contribution in [3.8, 4) is 5.75 Å². The Morgan fingerprint density at radius 3 is 2.55 bits per heavy atom. The van der Waals surface area contributed by atoms with Crippen molar-refractivity contribution < 1.29 is 14.6 Å². The molecule has 0 fully saturated rings. The molecular formula is C14H17N3O3. The molecule has 0 saturated heterocycles. The maximum atomic E-state index is 11.4. The lowest BCUT2D eigenvalue weighted by atomic mass is 9.95. The fraction of sp³-hybridized carbons (Fsp3) is 0.357. The first-order valence-electron chi connectivity index (χ1n) is 6.29. The van der Waals surface area contributed by atoms with Crippen molar-refractivity contribution in [3.63, 3.8) is 0 Å². The minimum absolute atomic E-state index is 0.370. The molecule has 6 nitrogen and oxygen atoms in total. The number of aliphatic carboxylic acids is 1. The Balaban J connectivity index is 2.06. The summed E-state index contributed by atoms with van der Waals surface area (Å²) in [5.74, 6) is -0.582. The van der Waals surface area contributed by atoms with Gasteiger partial charge in [0.15, 0.2) is 0 Å². The van der Waals surface area contributed by atoms with Gasteiger partial charge in [-0.25, -0.2) is 0 Å². The summed E-state index contributed by atoms with van der Waals surface area (Å²) in [4.78, 5) is 11.4. The van der Waals surface area contributed by atoms with E-state index in [1.165, 1.54) is 0 Å². The zero-order chi connectivity index (χ0) is 14.5. The highest BCUT2D eigenvalue weighted by atomic mass is 16.5. The number of ether oxygens (including phenoxy) is 1. The molecule has 1 aromatic heterocycles. The van der Waals surface area contributed by atoms with Gasteiger partial charge >= 0.3 is 5.97 Å².